The summed E-state index contributed by atoms with van der Waals surface area (Å²) in [6.07, 6.45) is 2.41. The van der Waals surface area contributed by atoms with Crippen LogP contribution in [-0.2, 0) is 0 Å². The van der Waals surface area contributed by atoms with Crippen molar-refractivity contribution in [3.05, 3.63) is 60.7 Å². The van der Waals surface area contributed by atoms with Crippen LogP contribution in [0.4, 0.5) is 0 Å². The summed E-state index contributed by atoms with van der Waals surface area (Å²) < 4.78 is 0. The molecule has 0 spiro atoms. The van der Waals surface area contributed by atoms with Gasteiger partial charge in [0, 0.05) is 0 Å². The summed E-state index contributed by atoms with van der Waals surface area (Å²) in [4.78, 5) is 0. The molecule has 0 aliphatic rings. The molecule has 0 heterocycles. The molecule has 0 amide bonds. The zero-order valence-corrected chi connectivity index (χ0v) is 11.6. The maximum Gasteiger partial charge on any atom is -0.00943 e. The predicted octanol–water partition coefficient (Wildman–Crippen LogP) is 3.44. The van der Waals surface area contributed by atoms with Gasteiger partial charge in [-0.2, -0.15) is 12.6 Å². The van der Waals surface area contributed by atoms with E-state index in [1.807, 2.05) is 0 Å². The molecule has 0 aliphatic heterocycles. The maximum atomic E-state index is 4.33. The number of thiol groups is 1. The van der Waals surface area contributed by atoms with Gasteiger partial charge in [0.05, 0.1) is 0 Å². The van der Waals surface area contributed by atoms with Gasteiger partial charge in [-0.3, -0.25) is 0 Å². The second-order valence-electron chi connectivity index (χ2n) is 3.90. The highest BCUT2D eigenvalue weighted by atomic mass is 32.1. The molecule has 2 aromatic carbocycles. The fraction of sp³-hybridized carbons (Fsp3) is 0.200. The van der Waals surface area contributed by atoms with Gasteiger partial charge in [-0.15, -0.1) is 0 Å². The first-order valence-electron chi connectivity index (χ1n) is 5.90. The molecule has 0 unspecified atom stereocenters. The lowest BCUT2D eigenvalue weighted by Crippen LogP contribution is -2.13. The third kappa shape index (κ3) is 3.59. The van der Waals surface area contributed by atoms with Gasteiger partial charge < -0.3 is 0 Å². The minimum Gasteiger partial charge on any atom is -0.179 e. The van der Waals surface area contributed by atoms with Crippen LogP contribution in [0.25, 0.3) is 0 Å². The van der Waals surface area contributed by atoms with E-state index in [1.54, 1.807) is 0 Å². The van der Waals surface area contributed by atoms with Crippen molar-refractivity contribution in [2.45, 2.75) is 6.42 Å². The highest BCUT2D eigenvalue weighted by molar-refractivity contribution is 7.80. The van der Waals surface area contributed by atoms with Gasteiger partial charge in [-0.1, -0.05) is 60.7 Å². The molecule has 0 N–H and O–H groups in total. The number of hydrogen-bond donors (Lipinski definition) is 1. The zero-order valence-electron chi connectivity index (χ0n) is 9.79. The lowest BCUT2D eigenvalue weighted by molar-refractivity contribution is 1.12. The van der Waals surface area contributed by atoms with Crippen LogP contribution < -0.4 is 10.6 Å². The van der Waals surface area contributed by atoms with Gasteiger partial charge in [0.1, 0.15) is 0 Å². The van der Waals surface area contributed by atoms with Gasteiger partial charge in [-0.05, 0) is 36.9 Å². The van der Waals surface area contributed by atoms with Gasteiger partial charge in [0.2, 0.25) is 0 Å². The van der Waals surface area contributed by atoms with Crippen molar-refractivity contribution < 1.29 is 0 Å². The lowest BCUT2D eigenvalue weighted by Gasteiger charge is -2.18. The Morgan fingerprint density at radius 1 is 0.765 bits per heavy atom. The van der Waals surface area contributed by atoms with Gasteiger partial charge >= 0.3 is 0 Å². The van der Waals surface area contributed by atoms with Crippen molar-refractivity contribution in [3.63, 3.8) is 0 Å². The van der Waals surface area contributed by atoms with Crippen molar-refractivity contribution >= 4 is 31.2 Å². The van der Waals surface area contributed by atoms with E-state index in [0.29, 0.717) is 0 Å². The smallest absolute Gasteiger partial charge is 0.00943 e. The molecule has 0 saturated carbocycles. The summed E-state index contributed by atoms with van der Waals surface area (Å²) in [5.74, 6) is 0.971. The summed E-state index contributed by atoms with van der Waals surface area (Å²) in [7, 11) is -0.206. The highest BCUT2D eigenvalue weighted by Crippen LogP contribution is 2.33. The zero-order chi connectivity index (χ0) is 11.9. The second-order valence-corrected chi connectivity index (χ2v) is 6.68. The molecule has 0 aromatic heterocycles. The molecule has 0 saturated heterocycles. The summed E-state index contributed by atoms with van der Waals surface area (Å²) in [5, 5.41) is 2.94. The molecular formula is C15H17PS. The van der Waals surface area contributed by atoms with Crippen molar-refractivity contribution in [1.29, 1.82) is 0 Å². The molecule has 88 valence electrons. The average molecular weight is 260 g/mol. The first kappa shape index (κ1) is 12.7. The number of hydrogen-bond acceptors (Lipinski definition) is 1. The maximum absolute atomic E-state index is 4.33. The van der Waals surface area contributed by atoms with E-state index in [0.717, 1.165) is 5.75 Å². The monoisotopic (exact) mass is 260 g/mol. The van der Waals surface area contributed by atoms with Crippen LogP contribution in [0.2, 0.25) is 0 Å². The summed E-state index contributed by atoms with van der Waals surface area (Å²) >= 11 is 4.33. The van der Waals surface area contributed by atoms with Crippen LogP contribution in [0.3, 0.4) is 0 Å². The Morgan fingerprint density at radius 3 is 1.65 bits per heavy atom. The highest BCUT2D eigenvalue weighted by Gasteiger charge is 2.11. The normalized spacial score (nSPS) is 10.7. The van der Waals surface area contributed by atoms with E-state index >= 15 is 0 Å². The van der Waals surface area contributed by atoms with Crippen molar-refractivity contribution in [1.82, 2.24) is 0 Å². The van der Waals surface area contributed by atoms with Crippen LogP contribution in [0.1, 0.15) is 6.42 Å². The van der Waals surface area contributed by atoms with Gasteiger partial charge in [-0.25, -0.2) is 0 Å². The quantitative estimate of drug-likeness (QED) is 0.618. The van der Waals surface area contributed by atoms with E-state index in [-0.39, 0.29) is 7.92 Å². The van der Waals surface area contributed by atoms with E-state index in [1.165, 1.54) is 23.2 Å². The molecule has 17 heavy (non-hydrogen) atoms. The molecule has 0 radical (unpaired) electrons. The minimum absolute atomic E-state index is 0.206. The fourth-order valence-electron chi connectivity index (χ4n) is 1.85. The van der Waals surface area contributed by atoms with Crippen molar-refractivity contribution in [3.8, 4) is 0 Å². The Morgan fingerprint density at radius 2 is 1.24 bits per heavy atom. The predicted molar refractivity (Wildman–Crippen MR) is 82.4 cm³/mol. The fourth-order valence-corrected chi connectivity index (χ4v) is 4.61. The summed E-state index contributed by atoms with van der Waals surface area (Å²) in [6, 6.07) is 21.7. The van der Waals surface area contributed by atoms with Gasteiger partial charge in [0.15, 0.2) is 0 Å². The standard InChI is InChI=1S/C15H17PS/c17-13-7-12-16(14-8-3-1-4-9-14)15-10-5-2-6-11-15/h1-6,8-11,17H,7,12-13H2. The van der Waals surface area contributed by atoms with Crippen molar-refractivity contribution in [2.24, 2.45) is 0 Å². The molecule has 0 fully saturated rings. The second kappa shape index (κ2) is 6.83. The largest absolute Gasteiger partial charge is 0.179 e. The Balaban J connectivity index is 2.26. The molecule has 2 rings (SSSR count). The minimum atomic E-state index is -0.206. The summed E-state index contributed by atoms with van der Waals surface area (Å²) in [6.45, 7) is 0. The molecule has 0 nitrogen and oxygen atoms in total. The SMILES string of the molecule is SCCCP(c1ccccc1)c1ccccc1. The van der Waals surface area contributed by atoms with Crippen LogP contribution >= 0.6 is 20.6 Å². The topological polar surface area (TPSA) is 0 Å². The Bertz CT molecular complexity index is 388. The average Bonchev–Trinajstić information content (AvgIpc) is 2.42. The van der Waals surface area contributed by atoms with Crippen LogP contribution in [0, 0.1) is 0 Å². The molecule has 0 atom stereocenters. The molecule has 2 aromatic rings. The third-order valence-corrected chi connectivity index (χ3v) is 5.60. The van der Waals surface area contributed by atoms with Crippen LogP contribution in [-0.4, -0.2) is 11.9 Å². The van der Waals surface area contributed by atoms with E-state index in [4.69, 9.17) is 0 Å². The Kier molecular flexibility index (Phi) is 5.09. The number of rotatable bonds is 5. The molecular weight excluding hydrogens is 243 g/mol. The van der Waals surface area contributed by atoms with E-state index in [2.05, 4.69) is 73.3 Å². The van der Waals surface area contributed by atoms with E-state index < -0.39 is 0 Å². The van der Waals surface area contributed by atoms with Crippen molar-refractivity contribution in [2.75, 3.05) is 11.9 Å². The Hall–Kier alpha value is -0.780. The first-order valence-corrected chi connectivity index (χ1v) is 8.06. The van der Waals surface area contributed by atoms with Crippen LogP contribution in [0.5, 0.6) is 0 Å². The molecule has 2 heteroatoms. The molecule has 0 aliphatic carbocycles. The first-order chi connectivity index (χ1) is 8.42. The lowest BCUT2D eigenvalue weighted by atomic mass is 10.4. The summed E-state index contributed by atoms with van der Waals surface area (Å²) in [5.41, 5.74) is 0. The Labute approximate surface area is 110 Å². The molecule has 0 bridgehead atoms. The van der Waals surface area contributed by atoms with Gasteiger partial charge in [0.25, 0.3) is 0 Å². The number of benzene rings is 2. The van der Waals surface area contributed by atoms with Crippen LogP contribution in [0.15, 0.2) is 60.7 Å². The van der Waals surface area contributed by atoms with E-state index in [9.17, 15) is 0 Å². The third-order valence-electron chi connectivity index (χ3n) is 2.68.